The summed E-state index contributed by atoms with van der Waals surface area (Å²) in [6, 6.07) is 3.20. The molecule has 1 aromatic heterocycles. The smallest absolute Gasteiger partial charge is 0.259 e. The first-order valence-electron chi connectivity index (χ1n) is 4.15. The van der Waals surface area contributed by atoms with Crippen molar-refractivity contribution in [2.45, 2.75) is 24.4 Å². The molecule has 2 rings (SSSR count). The number of aromatic nitrogens is 1. The van der Waals surface area contributed by atoms with Crippen molar-refractivity contribution in [3.8, 4) is 0 Å². The average Bonchev–Trinajstić information content (AvgIpc) is 2.84. The van der Waals surface area contributed by atoms with Crippen LogP contribution in [-0.2, 0) is 5.41 Å². The van der Waals surface area contributed by atoms with Gasteiger partial charge in [0.15, 0.2) is 0 Å². The first-order chi connectivity index (χ1) is 6.47. The fraction of sp³-hybridized carbons (Fsp3) is 0.444. The number of hydrogen-bond donors (Lipinski definition) is 0. The van der Waals surface area contributed by atoms with Gasteiger partial charge in [-0.25, -0.2) is 0 Å². The van der Waals surface area contributed by atoms with E-state index in [1.54, 1.807) is 12.1 Å². The third-order valence-corrected chi connectivity index (χ3v) is 3.14. The standard InChI is InChI=1S/C9H7BrF3N/c10-6-2-1-5-14-7(6)8(3-4-8)9(11,12)13/h1-2,5H,3-4H2. The van der Waals surface area contributed by atoms with E-state index < -0.39 is 11.6 Å². The Morgan fingerprint density at radius 2 is 2.00 bits per heavy atom. The van der Waals surface area contributed by atoms with Gasteiger partial charge in [-0.15, -0.1) is 0 Å². The van der Waals surface area contributed by atoms with Crippen molar-refractivity contribution in [2.75, 3.05) is 0 Å². The van der Waals surface area contributed by atoms with Crippen LogP contribution in [0.25, 0.3) is 0 Å². The third kappa shape index (κ3) is 1.34. The number of rotatable bonds is 1. The van der Waals surface area contributed by atoms with Gasteiger partial charge >= 0.3 is 6.18 Å². The molecule has 0 aromatic carbocycles. The maximum atomic E-state index is 12.7. The monoisotopic (exact) mass is 265 g/mol. The largest absolute Gasteiger partial charge is 0.399 e. The van der Waals surface area contributed by atoms with E-state index in [0.717, 1.165) is 0 Å². The summed E-state index contributed by atoms with van der Waals surface area (Å²) in [7, 11) is 0. The molecule has 1 heterocycles. The van der Waals surface area contributed by atoms with Crippen LogP contribution in [-0.4, -0.2) is 11.2 Å². The first-order valence-corrected chi connectivity index (χ1v) is 4.94. The van der Waals surface area contributed by atoms with E-state index in [4.69, 9.17) is 0 Å². The highest BCUT2D eigenvalue weighted by Gasteiger charge is 2.65. The molecule has 0 aliphatic heterocycles. The van der Waals surface area contributed by atoms with E-state index in [-0.39, 0.29) is 18.5 Å². The summed E-state index contributed by atoms with van der Waals surface area (Å²) in [5, 5.41) is 0. The summed E-state index contributed by atoms with van der Waals surface area (Å²) in [6.07, 6.45) is -2.51. The highest BCUT2D eigenvalue weighted by atomic mass is 79.9. The Morgan fingerprint density at radius 1 is 1.36 bits per heavy atom. The van der Waals surface area contributed by atoms with E-state index in [1.807, 2.05) is 0 Å². The zero-order chi connectivity index (χ0) is 10.4. The topological polar surface area (TPSA) is 12.9 Å². The lowest BCUT2D eigenvalue weighted by atomic mass is 10.0. The molecule has 0 spiro atoms. The van der Waals surface area contributed by atoms with Crippen LogP contribution in [0.4, 0.5) is 13.2 Å². The number of nitrogens with zero attached hydrogens (tertiary/aromatic N) is 1. The summed E-state index contributed by atoms with van der Waals surface area (Å²) in [5.74, 6) is 0. The van der Waals surface area contributed by atoms with Crippen LogP contribution in [0, 0.1) is 0 Å². The molecule has 0 radical (unpaired) electrons. The molecule has 1 aliphatic rings. The Bertz CT molecular complexity index is 357. The molecule has 0 unspecified atom stereocenters. The normalized spacial score (nSPS) is 19.4. The van der Waals surface area contributed by atoms with Crippen molar-refractivity contribution in [3.63, 3.8) is 0 Å². The minimum absolute atomic E-state index is 0.118. The van der Waals surface area contributed by atoms with E-state index in [2.05, 4.69) is 20.9 Å². The van der Waals surface area contributed by atoms with Crippen LogP contribution in [0.15, 0.2) is 22.8 Å². The second-order valence-electron chi connectivity index (χ2n) is 3.41. The van der Waals surface area contributed by atoms with Gasteiger partial charge in [0.25, 0.3) is 0 Å². The molecule has 1 aromatic rings. The van der Waals surface area contributed by atoms with Crippen molar-refractivity contribution in [1.29, 1.82) is 0 Å². The van der Waals surface area contributed by atoms with Crippen molar-refractivity contribution < 1.29 is 13.2 Å². The molecule has 0 amide bonds. The van der Waals surface area contributed by atoms with E-state index in [0.29, 0.717) is 4.47 Å². The Labute approximate surface area is 87.5 Å². The molecule has 0 bridgehead atoms. The van der Waals surface area contributed by atoms with Gasteiger partial charge in [0.2, 0.25) is 0 Å². The quantitative estimate of drug-likeness (QED) is 0.758. The highest BCUT2D eigenvalue weighted by Crippen LogP contribution is 2.59. The molecule has 1 nitrogen and oxygen atoms in total. The van der Waals surface area contributed by atoms with Gasteiger partial charge < -0.3 is 0 Å². The lowest BCUT2D eigenvalue weighted by Crippen LogP contribution is -2.29. The van der Waals surface area contributed by atoms with Gasteiger partial charge in [-0.05, 0) is 40.9 Å². The van der Waals surface area contributed by atoms with Gasteiger partial charge in [-0.1, -0.05) is 0 Å². The zero-order valence-electron chi connectivity index (χ0n) is 7.11. The minimum atomic E-state index is -4.19. The maximum Gasteiger partial charge on any atom is 0.399 e. The average molecular weight is 266 g/mol. The molecule has 1 aliphatic carbocycles. The Morgan fingerprint density at radius 3 is 2.43 bits per heavy atom. The van der Waals surface area contributed by atoms with Crippen LogP contribution < -0.4 is 0 Å². The molecule has 0 saturated heterocycles. The predicted molar refractivity (Wildman–Crippen MR) is 48.9 cm³/mol. The summed E-state index contributed by atoms with van der Waals surface area (Å²) in [6.45, 7) is 0. The maximum absolute atomic E-state index is 12.7. The molecule has 5 heteroatoms. The van der Waals surface area contributed by atoms with Gasteiger partial charge in [-0.2, -0.15) is 13.2 Å². The Balaban J connectivity index is 2.46. The third-order valence-electron chi connectivity index (χ3n) is 2.50. The molecule has 76 valence electrons. The van der Waals surface area contributed by atoms with Gasteiger partial charge in [0.05, 0.1) is 5.69 Å². The van der Waals surface area contributed by atoms with Crippen molar-refractivity contribution >= 4 is 15.9 Å². The highest BCUT2D eigenvalue weighted by molar-refractivity contribution is 9.10. The zero-order valence-corrected chi connectivity index (χ0v) is 8.69. The fourth-order valence-corrected chi connectivity index (χ4v) is 2.15. The molecule has 0 atom stereocenters. The van der Waals surface area contributed by atoms with E-state index in [9.17, 15) is 13.2 Å². The Hall–Kier alpha value is -0.580. The van der Waals surface area contributed by atoms with Crippen LogP contribution >= 0.6 is 15.9 Å². The molecule has 1 fully saturated rings. The molecule has 14 heavy (non-hydrogen) atoms. The summed E-state index contributed by atoms with van der Waals surface area (Å²) in [4.78, 5) is 3.81. The fourth-order valence-electron chi connectivity index (χ4n) is 1.52. The van der Waals surface area contributed by atoms with Crippen molar-refractivity contribution in [1.82, 2.24) is 4.98 Å². The van der Waals surface area contributed by atoms with Crippen LogP contribution in [0.3, 0.4) is 0 Å². The summed E-state index contributed by atoms with van der Waals surface area (Å²) < 4.78 is 38.5. The van der Waals surface area contributed by atoms with Gasteiger partial charge in [-0.3, -0.25) is 4.98 Å². The van der Waals surface area contributed by atoms with Crippen LogP contribution in [0.2, 0.25) is 0 Å². The summed E-state index contributed by atoms with van der Waals surface area (Å²) >= 11 is 3.10. The lowest BCUT2D eigenvalue weighted by molar-refractivity contribution is -0.161. The number of hydrogen-bond acceptors (Lipinski definition) is 1. The van der Waals surface area contributed by atoms with Crippen molar-refractivity contribution in [2.24, 2.45) is 0 Å². The molecule has 1 saturated carbocycles. The van der Waals surface area contributed by atoms with Crippen LogP contribution in [0.5, 0.6) is 0 Å². The second kappa shape index (κ2) is 2.95. The minimum Gasteiger partial charge on any atom is -0.259 e. The number of halogens is 4. The van der Waals surface area contributed by atoms with Gasteiger partial charge in [0.1, 0.15) is 5.41 Å². The van der Waals surface area contributed by atoms with Crippen LogP contribution in [0.1, 0.15) is 18.5 Å². The molecular formula is C9H7BrF3N. The van der Waals surface area contributed by atoms with E-state index in [1.165, 1.54) is 6.20 Å². The van der Waals surface area contributed by atoms with Crippen molar-refractivity contribution in [3.05, 3.63) is 28.5 Å². The van der Waals surface area contributed by atoms with E-state index >= 15 is 0 Å². The SMILES string of the molecule is FC(F)(F)C1(c2ncccc2Br)CC1. The lowest BCUT2D eigenvalue weighted by Gasteiger charge is -2.19. The van der Waals surface area contributed by atoms with Gasteiger partial charge in [0, 0.05) is 10.7 Å². The number of pyridine rings is 1. The first kappa shape index (κ1) is 9.96. The second-order valence-corrected chi connectivity index (χ2v) is 4.27. The molecule has 0 N–H and O–H groups in total. The number of alkyl halides is 3. The summed E-state index contributed by atoms with van der Waals surface area (Å²) in [5.41, 5.74) is -1.57. The Kier molecular flexibility index (Phi) is 2.10. The molecular weight excluding hydrogens is 259 g/mol. The predicted octanol–water partition coefficient (Wildman–Crippen LogP) is 3.44.